The van der Waals surface area contributed by atoms with Crippen LogP contribution in [0.4, 0.5) is 0 Å². The van der Waals surface area contributed by atoms with Crippen molar-refractivity contribution < 1.29 is 0 Å². The summed E-state index contributed by atoms with van der Waals surface area (Å²) in [6, 6.07) is 0.613. The lowest BCUT2D eigenvalue weighted by atomic mass is 9.79. The third-order valence-electron chi connectivity index (χ3n) is 2.94. The molecule has 0 saturated carbocycles. The van der Waals surface area contributed by atoms with E-state index in [4.69, 9.17) is 11.5 Å². The summed E-state index contributed by atoms with van der Waals surface area (Å²) in [6.07, 6.45) is 1.10. The highest BCUT2D eigenvalue weighted by molar-refractivity contribution is 5.85. The minimum atomic E-state index is 0. The summed E-state index contributed by atoms with van der Waals surface area (Å²) < 4.78 is 0. The lowest BCUT2D eigenvalue weighted by molar-refractivity contribution is 0.0920. The van der Waals surface area contributed by atoms with Gasteiger partial charge in [-0.2, -0.15) is 0 Å². The first-order chi connectivity index (χ1) is 5.92. The minimum Gasteiger partial charge on any atom is -0.327 e. The molecular weight excluding hydrogens is 198 g/mol. The number of nitrogens with zero attached hydrogens (tertiary/aromatic N) is 1. The van der Waals surface area contributed by atoms with Crippen LogP contribution < -0.4 is 11.5 Å². The number of rotatable bonds is 2. The lowest BCUT2D eigenvalue weighted by Gasteiger charge is -2.43. The van der Waals surface area contributed by atoms with Crippen molar-refractivity contribution in [2.75, 3.05) is 19.6 Å². The van der Waals surface area contributed by atoms with Gasteiger partial charge in [-0.1, -0.05) is 13.8 Å². The first-order valence-electron chi connectivity index (χ1n) is 5.15. The smallest absolute Gasteiger partial charge is 0.0139 e. The number of hydrogen-bond donors (Lipinski definition) is 2. The van der Waals surface area contributed by atoms with E-state index in [1.807, 2.05) is 0 Å². The van der Waals surface area contributed by atoms with Crippen molar-refractivity contribution in [3.63, 3.8) is 0 Å². The normalized spacial score (nSPS) is 29.4. The number of nitrogens with two attached hydrogens (primary N) is 2. The quantitative estimate of drug-likeness (QED) is 0.726. The van der Waals surface area contributed by atoms with Crippen molar-refractivity contribution in [2.45, 2.75) is 39.3 Å². The summed E-state index contributed by atoms with van der Waals surface area (Å²) in [5.41, 5.74) is 12.1. The Kier molecular flexibility index (Phi) is 5.37. The summed E-state index contributed by atoms with van der Waals surface area (Å²) >= 11 is 0. The molecule has 0 aliphatic carbocycles. The van der Waals surface area contributed by atoms with Crippen molar-refractivity contribution in [3.8, 4) is 0 Å². The van der Waals surface area contributed by atoms with Gasteiger partial charge in [0.2, 0.25) is 0 Å². The van der Waals surface area contributed by atoms with Crippen molar-refractivity contribution in [2.24, 2.45) is 16.9 Å². The predicted molar refractivity (Wildman–Crippen MR) is 63.7 cm³/mol. The number of piperidine rings is 1. The van der Waals surface area contributed by atoms with Crippen molar-refractivity contribution >= 4 is 12.4 Å². The van der Waals surface area contributed by atoms with Crippen LogP contribution in [-0.2, 0) is 0 Å². The zero-order valence-corrected chi connectivity index (χ0v) is 10.3. The van der Waals surface area contributed by atoms with E-state index in [1.165, 1.54) is 0 Å². The highest BCUT2D eigenvalue weighted by Gasteiger charge is 2.33. The molecule has 2 atom stereocenters. The molecule has 0 spiro atoms. The molecule has 3 nitrogen and oxygen atoms in total. The summed E-state index contributed by atoms with van der Waals surface area (Å²) in [5.74, 6) is 0. The van der Waals surface area contributed by atoms with E-state index in [9.17, 15) is 0 Å². The second-order valence-corrected chi connectivity index (χ2v) is 5.10. The first-order valence-corrected chi connectivity index (χ1v) is 5.15. The van der Waals surface area contributed by atoms with E-state index in [-0.39, 0.29) is 23.9 Å². The summed E-state index contributed by atoms with van der Waals surface area (Å²) in [6.45, 7) is 9.72. The van der Waals surface area contributed by atoms with Gasteiger partial charge in [0.15, 0.2) is 0 Å². The third-order valence-corrected chi connectivity index (χ3v) is 2.94. The predicted octanol–water partition coefficient (Wildman–Crippen LogP) is 0.815. The highest BCUT2D eigenvalue weighted by Crippen LogP contribution is 2.27. The van der Waals surface area contributed by atoms with Gasteiger partial charge in [-0.25, -0.2) is 0 Å². The van der Waals surface area contributed by atoms with Gasteiger partial charge in [0.1, 0.15) is 0 Å². The van der Waals surface area contributed by atoms with E-state index in [0.717, 1.165) is 26.1 Å². The van der Waals surface area contributed by atoms with E-state index in [0.29, 0.717) is 6.04 Å². The Labute approximate surface area is 93.6 Å². The lowest BCUT2D eigenvalue weighted by Crippen LogP contribution is -2.54. The van der Waals surface area contributed by atoms with E-state index >= 15 is 0 Å². The Bertz CT molecular complexity index is 171. The zero-order chi connectivity index (χ0) is 10.1. The second-order valence-electron chi connectivity index (χ2n) is 5.10. The van der Waals surface area contributed by atoms with E-state index in [2.05, 4.69) is 25.7 Å². The molecule has 4 heteroatoms. The van der Waals surface area contributed by atoms with Gasteiger partial charge in [-0.15, -0.1) is 12.4 Å². The molecular formula is C10H24ClN3. The van der Waals surface area contributed by atoms with Crippen molar-refractivity contribution in [1.82, 2.24) is 4.90 Å². The molecule has 14 heavy (non-hydrogen) atoms. The molecule has 0 amide bonds. The van der Waals surface area contributed by atoms with Crippen LogP contribution in [0.3, 0.4) is 0 Å². The van der Waals surface area contributed by atoms with Gasteiger partial charge >= 0.3 is 0 Å². The van der Waals surface area contributed by atoms with Crippen molar-refractivity contribution in [3.05, 3.63) is 0 Å². The molecule has 86 valence electrons. The first kappa shape index (κ1) is 14.2. The highest BCUT2D eigenvalue weighted by atomic mass is 35.5. The maximum absolute atomic E-state index is 6.05. The van der Waals surface area contributed by atoms with Gasteiger partial charge < -0.3 is 16.4 Å². The van der Waals surface area contributed by atoms with Crippen LogP contribution in [0.5, 0.6) is 0 Å². The van der Waals surface area contributed by atoms with Crippen LogP contribution in [0, 0.1) is 5.41 Å². The van der Waals surface area contributed by atoms with Crippen LogP contribution in [0.15, 0.2) is 0 Å². The fourth-order valence-electron chi connectivity index (χ4n) is 2.05. The molecule has 1 heterocycles. The maximum Gasteiger partial charge on any atom is 0.0139 e. The van der Waals surface area contributed by atoms with Crippen LogP contribution in [0.2, 0.25) is 0 Å². The van der Waals surface area contributed by atoms with Gasteiger partial charge in [-0.05, 0) is 25.3 Å². The van der Waals surface area contributed by atoms with Gasteiger partial charge in [0, 0.05) is 25.2 Å². The zero-order valence-electron chi connectivity index (χ0n) is 9.49. The molecule has 2 unspecified atom stereocenters. The molecule has 1 fully saturated rings. The molecule has 0 aromatic carbocycles. The Morgan fingerprint density at radius 3 is 2.50 bits per heavy atom. The molecule has 0 aromatic rings. The number of likely N-dealkylation sites (tertiary alicyclic amines) is 1. The molecule has 1 aliphatic rings. The monoisotopic (exact) mass is 221 g/mol. The van der Waals surface area contributed by atoms with Gasteiger partial charge in [0.25, 0.3) is 0 Å². The largest absolute Gasteiger partial charge is 0.327 e. The Hall–Kier alpha value is 0.170. The van der Waals surface area contributed by atoms with Gasteiger partial charge in [0.05, 0.1) is 0 Å². The molecule has 1 rings (SSSR count). The van der Waals surface area contributed by atoms with Crippen molar-refractivity contribution in [1.29, 1.82) is 0 Å². The third kappa shape index (κ3) is 3.73. The maximum atomic E-state index is 6.05. The SMILES string of the molecule is CC(N)CN1CCC(N)C(C)(C)C1.Cl. The minimum absolute atomic E-state index is 0. The Morgan fingerprint density at radius 2 is 2.07 bits per heavy atom. The van der Waals surface area contributed by atoms with E-state index in [1.54, 1.807) is 0 Å². The summed E-state index contributed by atoms with van der Waals surface area (Å²) in [4.78, 5) is 2.42. The average Bonchev–Trinajstić information content (AvgIpc) is 1.95. The fourth-order valence-corrected chi connectivity index (χ4v) is 2.05. The second kappa shape index (κ2) is 5.31. The Morgan fingerprint density at radius 1 is 1.50 bits per heavy atom. The number of halogens is 1. The van der Waals surface area contributed by atoms with E-state index < -0.39 is 0 Å². The standard InChI is InChI=1S/C10H23N3.ClH/c1-8(11)6-13-5-4-9(12)10(2,3)7-13;/h8-9H,4-7,11-12H2,1-3H3;1H. The number of hydrogen-bond acceptors (Lipinski definition) is 3. The molecule has 0 radical (unpaired) electrons. The summed E-state index contributed by atoms with van der Waals surface area (Å²) in [7, 11) is 0. The molecule has 4 N–H and O–H groups in total. The molecule has 0 bridgehead atoms. The van der Waals surface area contributed by atoms with Gasteiger partial charge in [-0.3, -0.25) is 0 Å². The van der Waals surface area contributed by atoms with Crippen LogP contribution >= 0.6 is 12.4 Å². The average molecular weight is 222 g/mol. The van der Waals surface area contributed by atoms with Crippen LogP contribution in [0.25, 0.3) is 0 Å². The molecule has 0 aromatic heterocycles. The fraction of sp³-hybridized carbons (Fsp3) is 1.00. The van der Waals surface area contributed by atoms with Crippen LogP contribution in [0.1, 0.15) is 27.2 Å². The Balaban J connectivity index is 0.00000169. The molecule has 1 saturated heterocycles. The molecule has 1 aliphatic heterocycles. The topological polar surface area (TPSA) is 55.3 Å². The van der Waals surface area contributed by atoms with Crippen LogP contribution in [-0.4, -0.2) is 36.6 Å². The summed E-state index contributed by atoms with van der Waals surface area (Å²) in [5, 5.41) is 0.